The predicted molar refractivity (Wildman–Crippen MR) is 72.6 cm³/mol. The van der Waals surface area contributed by atoms with E-state index in [4.69, 9.17) is 4.74 Å². The molecule has 0 saturated heterocycles. The van der Waals surface area contributed by atoms with Crippen LogP contribution in [-0.2, 0) is 0 Å². The van der Waals surface area contributed by atoms with E-state index >= 15 is 0 Å². The molecule has 2 aromatic carbocycles. The Hall–Kier alpha value is -2.20. The third-order valence-corrected chi connectivity index (χ3v) is 2.83. The molecule has 1 aliphatic rings. The standard InChI is InChI=1S/C17H14O/c1-2-4-16(5-3-1)18-17-12-10-15(11-13-17)9-8-14-6-7-14/h1-5,10-14H,6-7H2. The van der Waals surface area contributed by atoms with E-state index in [1.807, 2.05) is 54.6 Å². The molecule has 0 unspecified atom stereocenters. The maximum absolute atomic E-state index is 5.72. The summed E-state index contributed by atoms with van der Waals surface area (Å²) in [6.07, 6.45) is 2.53. The van der Waals surface area contributed by atoms with Crippen LogP contribution in [0.25, 0.3) is 0 Å². The SMILES string of the molecule is C(#CC1CC1)c1ccc(Oc2ccccc2)cc1. The minimum atomic E-state index is 0.644. The van der Waals surface area contributed by atoms with Crippen LogP contribution in [0.5, 0.6) is 11.5 Å². The van der Waals surface area contributed by atoms with E-state index in [0.29, 0.717) is 5.92 Å². The first-order valence-electron chi connectivity index (χ1n) is 6.25. The van der Waals surface area contributed by atoms with E-state index in [1.54, 1.807) is 0 Å². The van der Waals surface area contributed by atoms with Gasteiger partial charge in [0.2, 0.25) is 0 Å². The molecule has 0 N–H and O–H groups in total. The minimum Gasteiger partial charge on any atom is -0.457 e. The monoisotopic (exact) mass is 234 g/mol. The van der Waals surface area contributed by atoms with Crippen LogP contribution in [-0.4, -0.2) is 0 Å². The van der Waals surface area contributed by atoms with Gasteiger partial charge in [-0.3, -0.25) is 0 Å². The Labute approximate surface area is 107 Å². The van der Waals surface area contributed by atoms with Crippen molar-refractivity contribution in [2.45, 2.75) is 12.8 Å². The number of para-hydroxylation sites is 1. The van der Waals surface area contributed by atoms with Crippen molar-refractivity contribution < 1.29 is 4.74 Å². The lowest BCUT2D eigenvalue weighted by atomic mass is 10.2. The van der Waals surface area contributed by atoms with Gasteiger partial charge in [-0.25, -0.2) is 0 Å². The summed E-state index contributed by atoms with van der Waals surface area (Å²) in [5.74, 6) is 8.79. The number of hydrogen-bond acceptors (Lipinski definition) is 1. The molecule has 2 aromatic rings. The first kappa shape index (κ1) is 10.9. The predicted octanol–water partition coefficient (Wildman–Crippen LogP) is 4.24. The van der Waals surface area contributed by atoms with E-state index in [0.717, 1.165) is 17.1 Å². The molecule has 1 heteroatoms. The quantitative estimate of drug-likeness (QED) is 0.706. The zero-order valence-electron chi connectivity index (χ0n) is 10.1. The molecule has 0 aliphatic heterocycles. The van der Waals surface area contributed by atoms with Crippen LogP contribution in [0.15, 0.2) is 54.6 Å². The Morgan fingerprint density at radius 1 is 0.833 bits per heavy atom. The summed E-state index contributed by atoms with van der Waals surface area (Å²) in [5.41, 5.74) is 1.06. The number of benzene rings is 2. The molecule has 0 amide bonds. The molecule has 0 heterocycles. The van der Waals surface area contributed by atoms with Crippen LogP contribution in [0.4, 0.5) is 0 Å². The van der Waals surface area contributed by atoms with Gasteiger partial charge >= 0.3 is 0 Å². The van der Waals surface area contributed by atoms with Gasteiger partial charge in [0, 0.05) is 11.5 Å². The van der Waals surface area contributed by atoms with Gasteiger partial charge in [0.25, 0.3) is 0 Å². The molecular formula is C17H14O. The van der Waals surface area contributed by atoms with Gasteiger partial charge in [-0.2, -0.15) is 0 Å². The molecule has 1 nitrogen and oxygen atoms in total. The second-order valence-corrected chi connectivity index (χ2v) is 4.48. The van der Waals surface area contributed by atoms with Crippen LogP contribution in [0.2, 0.25) is 0 Å². The van der Waals surface area contributed by atoms with E-state index < -0.39 is 0 Å². The van der Waals surface area contributed by atoms with Crippen molar-refractivity contribution in [3.63, 3.8) is 0 Å². The van der Waals surface area contributed by atoms with Crippen LogP contribution in [0, 0.1) is 17.8 Å². The molecule has 0 radical (unpaired) electrons. The molecule has 18 heavy (non-hydrogen) atoms. The van der Waals surface area contributed by atoms with Gasteiger partial charge in [0.15, 0.2) is 0 Å². The topological polar surface area (TPSA) is 9.23 Å². The first-order valence-corrected chi connectivity index (χ1v) is 6.25. The zero-order chi connectivity index (χ0) is 12.2. The average molecular weight is 234 g/mol. The largest absolute Gasteiger partial charge is 0.457 e. The van der Waals surface area contributed by atoms with Crippen molar-refractivity contribution in [1.29, 1.82) is 0 Å². The summed E-state index contributed by atoms with van der Waals surface area (Å²) in [6.45, 7) is 0. The zero-order valence-corrected chi connectivity index (χ0v) is 10.1. The fourth-order valence-electron chi connectivity index (χ4n) is 1.64. The molecule has 88 valence electrons. The van der Waals surface area contributed by atoms with Crippen LogP contribution >= 0.6 is 0 Å². The highest BCUT2D eigenvalue weighted by molar-refractivity contribution is 5.40. The maximum Gasteiger partial charge on any atom is 0.127 e. The van der Waals surface area contributed by atoms with Gasteiger partial charge in [-0.15, -0.1) is 0 Å². The fraction of sp³-hybridized carbons (Fsp3) is 0.176. The molecule has 1 fully saturated rings. The highest BCUT2D eigenvalue weighted by atomic mass is 16.5. The maximum atomic E-state index is 5.72. The minimum absolute atomic E-state index is 0.644. The van der Waals surface area contributed by atoms with Gasteiger partial charge in [0.05, 0.1) is 0 Å². The third kappa shape index (κ3) is 2.93. The van der Waals surface area contributed by atoms with Crippen LogP contribution in [0.1, 0.15) is 18.4 Å². The molecule has 0 atom stereocenters. The molecule has 1 saturated carbocycles. The average Bonchev–Trinajstić information content (AvgIpc) is 3.23. The molecule has 3 rings (SSSR count). The summed E-state index contributed by atoms with van der Waals surface area (Å²) < 4.78 is 5.72. The van der Waals surface area contributed by atoms with E-state index in [1.165, 1.54) is 12.8 Å². The fourth-order valence-corrected chi connectivity index (χ4v) is 1.64. The van der Waals surface area contributed by atoms with E-state index in [9.17, 15) is 0 Å². The van der Waals surface area contributed by atoms with Gasteiger partial charge in [-0.1, -0.05) is 30.0 Å². The van der Waals surface area contributed by atoms with Crippen molar-refractivity contribution >= 4 is 0 Å². The highest BCUT2D eigenvalue weighted by Crippen LogP contribution is 2.27. The summed E-state index contributed by atoms with van der Waals surface area (Å²) in [4.78, 5) is 0. The van der Waals surface area contributed by atoms with Crippen LogP contribution < -0.4 is 4.74 Å². The van der Waals surface area contributed by atoms with Gasteiger partial charge < -0.3 is 4.74 Å². The third-order valence-electron chi connectivity index (χ3n) is 2.83. The molecular weight excluding hydrogens is 220 g/mol. The van der Waals surface area contributed by atoms with E-state index in [2.05, 4.69) is 11.8 Å². The van der Waals surface area contributed by atoms with Crippen molar-refractivity contribution in [2.75, 3.05) is 0 Å². The van der Waals surface area contributed by atoms with Gasteiger partial charge in [0.1, 0.15) is 11.5 Å². The second kappa shape index (κ2) is 4.98. The van der Waals surface area contributed by atoms with Crippen molar-refractivity contribution in [3.8, 4) is 23.3 Å². The molecule has 0 aromatic heterocycles. The van der Waals surface area contributed by atoms with Crippen molar-refractivity contribution in [3.05, 3.63) is 60.2 Å². The lowest BCUT2D eigenvalue weighted by molar-refractivity contribution is 0.482. The highest BCUT2D eigenvalue weighted by Gasteiger charge is 2.17. The Kier molecular flexibility index (Phi) is 3.02. The summed E-state index contributed by atoms with van der Waals surface area (Å²) in [5, 5.41) is 0. The Balaban J connectivity index is 1.69. The first-order chi connectivity index (χ1) is 8.90. The van der Waals surface area contributed by atoms with Crippen molar-refractivity contribution in [2.24, 2.45) is 5.92 Å². The lowest BCUT2D eigenvalue weighted by Crippen LogP contribution is -1.83. The molecule has 0 bridgehead atoms. The summed E-state index contributed by atoms with van der Waals surface area (Å²) in [6, 6.07) is 17.7. The molecule has 1 aliphatic carbocycles. The lowest BCUT2D eigenvalue weighted by Gasteiger charge is -2.04. The summed E-state index contributed by atoms with van der Waals surface area (Å²) in [7, 11) is 0. The number of ether oxygens (including phenoxy) is 1. The smallest absolute Gasteiger partial charge is 0.127 e. The van der Waals surface area contributed by atoms with E-state index in [-0.39, 0.29) is 0 Å². The van der Waals surface area contributed by atoms with Crippen molar-refractivity contribution in [1.82, 2.24) is 0 Å². The van der Waals surface area contributed by atoms with Crippen LogP contribution in [0.3, 0.4) is 0 Å². The van der Waals surface area contributed by atoms with Gasteiger partial charge in [-0.05, 0) is 49.2 Å². The summed E-state index contributed by atoms with van der Waals surface area (Å²) >= 11 is 0. The normalized spacial score (nSPS) is 13.6. The second-order valence-electron chi connectivity index (χ2n) is 4.48. The number of hydrogen-bond donors (Lipinski definition) is 0. The Morgan fingerprint density at radius 2 is 1.50 bits per heavy atom. The molecule has 0 spiro atoms. The number of rotatable bonds is 2. The Bertz CT molecular complexity index is 569. The Morgan fingerprint density at radius 3 is 2.17 bits per heavy atom.